The molecule has 0 aromatic heterocycles. The van der Waals surface area contributed by atoms with E-state index in [1.54, 1.807) is 0 Å². The molecule has 0 amide bonds. The van der Waals surface area contributed by atoms with E-state index in [1.165, 1.54) is 12.5 Å². The minimum absolute atomic E-state index is 0.110. The zero-order chi connectivity index (χ0) is 10.7. The number of hydroxylamine groups is 3. The van der Waals surface area contributed by atoms with E-state index in [0.29, 0.717) is 0 Å². The fourth-order valence-electron chi connectivity index (χ4n) is 1.70. The number of nitrogens with zero attached hydrogens (tertiary/aromatic N) is 1. The highest BCUT2D eigenvalue weighted by Crippen LogP contribution is 2.19. The molecule has 0 aliphatic carbocycles. The number of piperidine rings is 1. The molecule has 82 valence electrons. The van der Waals surface area contributed by atoms with Crippen LogP contribution in [0.2, 0.25) is 0 Å². The highest BCUT2D eigenvalue weighted by atomic mass is 32.2. The molecule has 4 nitrogen and oxygen atoms in total. The summed E-state index contributed by atoms with van der Waals surface area (Å²) < 4.78 is 28.1. The van der Waals surface area contributed by atoms with Crippen LogP contribution in [-0.2, 0) is 14.4 Å². The third kappa shape index (κ3) is 3.40. The molecule has 1 saturated heterocycles. The first-order chi connectivity index (χ1) is 6.47. The van der Waals surface area contributed by atoms with Gasteiger partial charge in [0, 0.05) is 0 Å². The Hall–Kier alpha value is -0.390. The van der Waals surface area contributed by atoms with E-state index in [0.717, 1.165) is 25.9 Å². The van der Waals surface area contributed by atoms with Gasteiger partial charge in [-0.1, -0.05) is 10.4 Å². The normalized spacial score (nSPS) is 21.8. The lowest BCUT2D eigenvalue weighted by Crippen LogP contribution is -2.49. The van der Waals surface area contributed by atoms with Crippen LogP contribution in [0, 0.1) is 0 Å². The molecule has 5 heteroatoms. The van der Waals surface area contributed by atoms with Crippen molar-refractivity contribution in [2.75, 3.05) is 25.9 Å². The molecule has 0 unspecified atom stereocenters. The monoisotopic (exact) mass is 220 g/mol. The Morgan fingerprint density at radius 3 is 2.43 bits per heavy atom. The van der Waals surface area contributed by atoms with Crippen molar-refractivity contribution in [3.63, 3.8) is 0 Å². The summed E-state index contributed by atoms with van der Waals surface area (Å²) >= 11 is 0. The molecule has 1 aliphatic rings. The standard InChI is InChI=1S/C9H18NO3S/c1-3-9-14(11,12)13-10(2)7-5-4-6-8-10/h3H,1,4-9H2,2H3/q+1. The molecule has 0 saturated carbocycles. The number of likely N-dealkylation sites (tertiary alicyclic amines) is 1. The van der Waals surface area contributed by atoms with Crippen LogP contribution in [0.1, 0.15) is 19.3 Å². The zero-order valence-electron chi connectivity index (χ0n) is 8.61. The summed E-state index contributed by atoms with van der Waals surface area (Å²) in [7, 11) is -1.62. The van der Waals surface area contributed by atoms with Crippen molar-refractivity contribution in [1.82, 2.24) is 0 Å². The molecule has 14 heavy (non-hydrogen) atoms. The molecule has 1 rings (SSSR count). The summed E-state index contributed by atoms with van der Waals surface area (Å²) in [6.45, 7) is 4.94. The van der Waals surface area contributed by atoms with E-state index < -0.39 is 10.1 Å². The summed E-state index contributed by atoms with van der Waals surface area (Å²) in [6, 6.07) is 0. The average Bonchev–Trinajstić information content (AvgIpc) is 2.02. The zero-order valence-corrected chi connectivity index (χ0v) is 9.42. The van der Waals surface area contributed by atoms with Crippen LogP contribution in [-0.4, -0.2) is 39.0 Å². The van der Waals surface area contributed by atoms with Crippen molar-refractivity contribution < 1.29 is 17.3 Å². The van der Waals surface area contributed by atoms with E-state index in [4.69, 9.17) is 4.28 Å². The van der Waals surface area contributed by atoms with E-state index in [2.05, 4.69) is 6.58 Å². The van der Waals surface area contributed by atoms with Gasteiger partial charge in [0.2, 0.25) is 0 Å². The number of hydrogen-bond donors (Lipinski definition) is 0. The lowest BCUT2D eigenvalue weighted by Gasteiger charge is -2.32. The van der Waals surface area contributed by atoms with Crippen molar-refractivity contribution in [3.8, 4) is 0 Å². The van der Waals surface area contributed by atoms with Gasteiger partial charge in [0.1, 0.15) is 20.1 Å². The fourth-order valence-corrected chi connectivity index (χ4v) is 2.75. The molecule has 0 aromatic carbocycles. The maximum Gasteiger partial charge on any atom is 0.317 e. The predicted octanol–water partition coefficient (Wildman–Crippen LogP) is 1.06. The Morgan fingerprint density at radius 2 is 1.93 bits per heavy atom. The highest BCUT2D eigenvalue weighted by Gasteiger charge is 2.32. The summed E-state index contributed by atoms with van der Waals surface area (Å²) in [5.41, 5.74) is 0. The van der Waals surface area contributed by atoms with Crippen molar-refractivity contribution in [3.05, 3.63) is 12.7 Å². The Labute approximate surface area is 85.8 Å². The van der Waals surface area contributed by atoms with Crippen LogP contribution in [0.25, 0.3) is 0 Å². The minimum atomic E-state index is -3.44. The first-order valence-electron chi connectivity index (χ1n) is 4.87. The van der Waals surface area contributed by atoms with Gasteiger partial charge in [-0.25, -0.2) is 0 Å². The van der Waals surface area contributed by atoms with E-state index >= 15 is 0 Å². The van der Waals surface area contributed by atoms with Crippen molar-refractivity contribution in [2.45, 2.75) is 19.3 Å². The second kappa shape index (κ2) is 4.42. The highest BCUT2D eigenvalue weighted by molar-refractivity contribution is 7.86. The van der Waals surface area contributed by atoms with Crippen LogP contribution >= 0.6 is 0 Å². The first kappa shape index (κ1) is 11.7. The van der Waals surface area contributed by atoms with Gasteiger partial charge in [-0.15, -0.1) is 6.58 Å². The second-order valence-corrected chi connectivity index (χ2v) is 5.49. The van der Waals surface area contributed by atoms with Gasteiger partial charge in [-0.05, 0) is 19.3 Å². The second-order valence-electron chi connectivity index (χ2n) is 3.89. The minimum Gasteiger partial charge on any atom is -0.194 e. The Morgan fingerprint density at radius 1 is 1.36 bits per heavy atom. The Bertz CT molecular complexity index is 291. The van der Waals surface area contributed by atoms with Gasteiger partial charge < -0.3 is 0 Å². The van der Waals surface area contributed by atoms with Crippen LogP contribution < -0.4 is 0 Å². The molecule has 0 atom stereocenters. The van der Waals surface area contributed by atoms with Crippen molar-refractivity contribution in [2.24, 2.45) is 0 Å². The lowest BCUT2D eigenvalue weighted by atomic mass is 10.1. The molecule has 0 spiro atoms. The van der Waals surface area contributed by atoms with Crippen molar-refractivity contribution >= 4 is 10.1 Å². The van der Waals surface area contributed by atoms with Gasteiger partial charge in [0.25, 0.3) is 0 Å². The molecule has 0 radical (unpaired) electrons. The van der Waals surface area contributed by atoms with Gasteiger partial charge in [-0.2, -0.15) is 13.1 Å². The molecule has 1 aliphatic heterocycles. The molecule has 0 N–H and O–H groups in total. The third-order valence-electron chi connectivity index (χ3n) is 2.38. The maximum absolute atomic E-state index is 11.4. The van der Waals surface area contributed by atoms with Gasteiger partial charge in [0.05, 0.1) is 5.75 Å². The molecular formula is C9H18NO3S+. The number of rotatable bonds is 4. The fraction of sp³-hybridized carbons (Fsp3) is 0.778. The lowest BCUT2D eigenvalue weighted by molar-refractivity contribution is -1.07. The summed E-state index contributed by atoms with van der Waals surface area (Å²) in [6.07, 6.45) is 4.57. The molecule has 0 aromatic rings. The smallest absolute Gasteiger partial charge is 0.194 e. The van der Waals surface area contributed by atoms with Crippen LogP contribution in [0.15, 0.2) is 12.7 Å². The summed E-state index contributed by atoms with van der Waals surface area (Å²) in [5.74, 6) is -0.110. The Kier molecular flexibility index (Phi) is 3.69. The maximum atomic E-state index is 11.4. The van der Waals surface area contributed by atoms with Crippen LogP contribution in [0.4, 0.5) is 0 Å². The third-order valence-corrected chi connectivity index (χ3v) is 3.61. The SMILES string of the molecule is C=CCS(=O)(=O)O[N+]1(C)CCCCC1. The van der Waals surface area contributed by atoms with E-state index in [-0.39, 0.29) is 10.4 Å². The van der Waals surface area contributed by atoms with Crippen LogP contribution in [0.5, 0.6) is 0 Å². The first-order valence-corrected chi connectivity index (χ1v) is 6.44. The number of quaternary nitrogens is 1. The van der Waals surface area contributed by atoms with Crippen LogP contribution in [0.3, 0.4) is 0 Å². The average molecular weight is 220 g/mol. The summed E-state index contributed by atoms with van der Waals surface area (Å²) in [4.78, 5) is 0. The Balaban J connectivity index is 2.61. The number of hydrogen-bond acceptors (Lipinski definition) is 3. The molecule has 1 fully saturated rings. The van der Waals surface area contributed by atoms with Gasteiger partial charge in [0.15, 0.2) is 0 Å². The van der Waals surface area contributed by atoms with E-state index in [1.807, 2.05) is 7.05 Å². The quantitative estimate of drug-likeness (QED) is 0.525. The largest absolute Gasteiger partial charge is 0.317 e. The molecule has 1 heterocycles. The predicted molar refractivity (Wildman–Crippen MR) is 54.8 cm³/mol. The van der Waals surface area contributed by atoms with Crippen molar-refractivity contribution in [1.29, 1.82) is 0 Å². The van der Waals surface area contributed by atoms with Gasteiger partial charge in [-0.3, -0.25) is 0 Å². The van der Waals surface area contributed by atoms with Gasteiger partial charge >= 0.3 is 10.1 Å². The summed E-state index contributed by atoms with van der Waals surface area (Å²) in [5, 5.41) is 0. The van der Waals surface area contributed by atoms with E-state index in [9.17, 15) is 8.42 Å². The molecule has 0 bridgehead atoms. The molecular weight excluding hydrogens is 202 g/mol. The topological polar surface area (TPSA) is 43.4 Å².